The summed E-state index contributed by atoms with van der Waals surface area (Å²) >= 11 is 0. The summed E-state index contributed by atoms with van der Waals surface area (Å²) in [7, 11) is 3.18. The average molecular weight is 290 g/mol. The summed E-state index contributed by atoms with van der Waals surface area (Å²) in [4.78, 5) is 38.5. The van der Waals surface area contributed by atoms with Crippen LogP contribution in [0.3, 0.4) is 0 Å². The SMILES string of the molecule is COC(=O)CCN(C)CCN1C(=O)c2ccccc2C1=O. The van der Waals surface area contributed by atoms with Crippen molar-refractivity contribution in [2.45, 2.75) is 6.42 Å². The summed E-state index contributed by atoms with van der Waals surface area (Å²) in [6, 6.07) is 6.82. The van der Waals surface area contributed by atoms with E-state index >= 15 is 0 Å². The highest BCUT2D eigenvalue weighted by Crippen LogP contribution is 2.21. The highest BCUT2D eigenvalue weighted by atomic mass is 16.5. The number of hydrogen-bond acceptors (Lipinski definition) is 5. The van der Waals surface area contributed by atoms with Gasteiger partial charge in [0.15, 0.2) is 0 Å². The van der Waals surface area contributed by atoms with Crippen LogP contribution in [0, 0.1) is 0 Å². The Balaban J connectivity index is 1.89. The number of nitrogens with zero attached hydrogens (tertiary/aromatic N) is 2. The minimum absolute atomic E-state index is 0.253. The second-order valence-corrected chi connectivity index (χ2v) is 4.94. The first kappa shape index (κ1) is 15.2. The number of hydrogen-bond donors (Lipinski definition) is 0. The molecule has 0 aromatic heterocycles. The Bertz CT molecular complexity index is 536. The molecule has 0 unspecified atom stereocenters. The van der Waals surface area contributed by atoms with Gasteiger partial charge in [0.05, 0.1) is 24.7 Å². The zero-order chi connectivity index (χ0) is 15.4. The molecule has 1 aromatic carbocycles. The number of amides is 2. The van der Waals surface area contributed by atoms with Gasteiger partial charge in [0, 0.05) is 19.6 Å². The van der Waals surface area contributed by atoms with Gasteiger partial charge in [0.2, 0.25) is 0 Å². The van der Waals surface area contributed by atoms with Crippen LogP contribution in [-0.2, 0) is 9.53 Å². The lowest BCUT2D eigenvalue weighted by Crippen LogP contribution is -2.37. The van der Waals surface area contributed by atoms with Crippen LogP contribution in [0.1, 0.15) is 27.1 Å². The Hall–Kier alpha value is -2.21. The molecule has 0 spiro atoms. The van der Waals surface area contributed by atoms with Crippen molar-refractivity contribution < 1.29 is 19.1 Å². The second-order valence-electron chi connectivity index (χ2n) is 4.94. The molecule has 0 aliphatic carbocycles. The Morgan fingerprint density at radius 3 is 2.24 bits per heavy atom. The van der Waals surface area contributed by atoms with Crippen molar-refractivity contribution in [3.05, 3.63) is 35.4 Å². The predicted molar refractivity (Wildman–Crippen MR) is 75.9 cm³/mol. The Labute approximate surface area is 123 Å². The molecule has 2 amide bonds. The molecule has 0 bridgehead atoms. The molecule has 112 valence electrons. The number of rotatable bonds is 6. The van der Waals surface area contributed by atoms with E-state index in [0.29, 0.717) is 30.8 Å². The lowest BCUT2D eigenvalue weighted by molar-refractivity contribution is -0.140. The molecule has 1 aromatic rings. The van der Waals surface area contributed by atoms with Gasteiger partial charge >= 0.3 is 5.97 Å². The largest absolute Gasteiger partial charge is 0.469 e. The molecule has 6 nitrogen and oxygen atoms in total. The second kappa shape index (κ2) is 6.49. The molecule has 1 heterocycles. The van der Waals surface area contributed by atoms with Crippen molar-refractivity contribution in [3.8, 4) is 0 Å². The summed E-state index contributed by atoms with van der Waals surface area (Å²) in [6.45, 7) is 1.35. The normalized spacial score (nSPS) is 13.8. The van der Waals surface area contributed by atoms with Gasteiger partial charge in [-0.3, -0.25) is 19.3 Å². The van der Waals surface area contributed by atoms with Crippen molar-refractivity contribution >= 4 is 17.8 Å². The Morgan fingerprint density at radius 2 is 1.71 bits per heavy atom. The number of carbonyl (C=O) groups excluding carboxylic acids is 3. The van der Waals surface area contributed by atoms with E-state index < -0.39 is 0 Å². The Morgan fingerprint density at radius 1 is 1.14 bits per heavy atom. The molecule has 0 radical (unpaired) electrons. The predicted octanol–water partition coefficient (Wildman–Crippen LogP) is 0.777. The van der Waals surface area contributed by atoms with E-state index in [1.807, 2.05) is 11.9 Å². The van der Waals surface area contributed by atoms with Crippen molar-refractivity contribution in [1.29, 1.82) is 0 Å². The number of esters is 1. The molecular weight excluding hydrogens is 272 g/mol. The van der Waals surface area contributed by atoms with E-state index in [0.717, 1.165) is 0 Å². The van der Waals surface area contributed by atoms with E-state index in [4.69, 9.17) is 0 Å². The minimum atomic E-state index is -0.275. The van der Waals surface area contributed by atoms with Crippen LogP contribution in [0.25, 0.3) is 0 Å². The maximum Gasteiger partial charge on any atom is 0.306 e. The van der Waals surface area contributed by atoms with E-state index in [9.17, 15) is 14.4 Å². The third-order valence-corrected chi connectivity index (χ3v) is 3.51. The van der Waals surface area contributed by atoms with Crippen LogP contribution in [0.5, 0.6) is 0 Å². The third kappa shape index (κ3) is 3.28. The van der Waals surface area contributed by atoms with Crippen LogP contribution in [0.4, 0.5) is 0 Å². The quantitative estimate of drug-likeness (QED) is 0.572. The van der Waals surface area contributed by atoms with Crippen LogP contribution in [0.15, 0.2) is 24.3 Å². The first-order chi connectivity index (χ1) is 10.0. The van der Waals surface area contributed by atoms with Crippen LogP contribution >= 0.6 is 0 Å². The summed E-state index contributed by atoms with van der Waals surface area (Å²) in [5, 5.41) is 0. The number of benzene rings is 1. The highest BCUT2D eigenvalue weighted by Gasteiger charge is 2.34. The molecule has 0 saturated heterocycles. The lowest BCUT2D eigenvalue weighted by atomic mass is 10.1. The molecule has 0 saturated carbocycles. The molecule has 1 aliphatic rings. The van der Waals surface area contributed by atoms with Gasteiger partial charge < -0.3 is 9.64 Å². The zero-order valence-corrected chi connectivity index (χ0v) is 12.2. The Kier molecular flexibility index (Phi) is 4.70. The number of likely N-dealkylation sites (N-methyl/N-ethyl adjacent to an activating group) is 1. The fourth-order valence-corrected chi connectivity index (χ4v) is 2.21. The first-order valence-electron chi connectivity index (χ1n) is 6.75. The number of methoxy groups -OCH3 is 1. The van der Waals surface area contributed by atoms with Crippen LogP contribution in [0.2, 0.25) is 0 Å². The molecule has 0 fully saturated rings. The summed E-state index contributed by atoms with van der Waals surface area (Å²) < 4.78 is 4.57. The molecule has 6 heteroatoms. The van der Waals surface area contributed by atoms with Crippen LogP contribution < -0.4 is 0 Å². The van der Waals surface area contributed by atoms with Gasteiger partial charge in [-0.05, 0) is 19.2 Å². The number of carbonyl (C=O) groups is 3. The van der Waals surface area contributed by atoms with Crippen molar-refractivity contribution in [2.24, 2.45) is 0 Å². The lowest BCUT2D eigenvalue weighted by Gasteiger charge is -2.20. The summed E-state index contributed by atoms with van der Waals surface area (Å²) in [5.74, 6) is -0.781. The number of imide groups is 1. The highest BCUT2D eigenvalue weighted by molar-refractivity contribution is 6.21. The topological polar surface area (TPSA) is 66.9 Å². The van der Waals surface area contributed by atoms with Gasteiger partial charge in [-0.15, -0.1) is 0 Å². The van der Waals surface area contributed by atoms with Crippen LogP contribution in [-0.4, -0.2) is 61.4 Å². The van der Waals surface area contributed by atoms with E-state index in [1.165, 1.54) is 12.0 Å². The molecular formula is C15H18N2O4. The monoisotopic (exact) mass is 290 g/mol. The first-order valence-corrected chi connectivity index (χ1v) is 6.75. The molecule has 0 N–H and O–H groups in total. The van der Waals surface area contributed by atoms with E-state index in [-0.39, 0.29) is 24.2 Å². The maximum absolute atomic E-state index is 12.1. The molecule has 1 aliphatic heterocycles. The van der Waals surface area contributed by atoms with Gasteiger partial charge in [0.25, 0.3) is 11.8 Å². The smallest absolute Gasteiger partial charge is 0.306 e. The molecule has 2 rings (SSSR count). The third-order valence-electron chi connectivity index (χ3n) is 3.51. The fourth-order valence-electron chi connectivity index (χ4n) is 2.21. The number of fused-ring (bicyclic) bond motifs is 1. The molecule has 21 heavy (non-hydrogen) atoms. The summed E-state index contributed by atoms with van der Waals surface area (Å²) in [6.07, 6.45) is 0.287. The summed E-state index contributed by atoms with van der Waals surface area (Å²) in [5.41, 5.74) is 0.916. The van der Waals surface area contributed by atoms with Crippen molar-refractivity contribution in [1.82, 2.24) is 9.80 Å². The maximum atomic E-state index is 12.1. The van der Waals surface area contributed by atoms with Gasteiger partial charge in [-0.1, -0.05) is 12.1 Å². The van der Waals surface area contributed by atoms with Gasteiger partial charge in [-0.25, -0.2) is 0 Å². The van der Waals surface area contributed by atoms with E-state index in [1.54, 1.807) is 24.3 Å². The van der Waals surface area contributed by atoms with Crippen molar-refractivity contribution in [2.75, 3.05) is 33.8 Å². The standard InChI is InChI=1S/C15H18N2O4/c1-16(8-7-13(18)21-2)9-10-17-14(19)11-5-3-4-6-12(11)15(17)20/h3-6H,7-10H2,1-2H3. The van der Waals surface area contributed by atoms with Gasteiger partial charge in [-0.2, -0.15) is 0 Å². The molecule has 0 atom stereocenters. The van der Waals surface area contributed by atoms with E-state index in [2.05, 4.69) is 4.74 Å². The zero-order valence-electron chi connectivity index (χ0n) is 12.2. The van der Waals surface area contributed by atoms with Crippen molar-refractivity contribution in [3.63, 3.8) is 0 Å². The fraction of sp³-hybridized carbons (Fsp3) is 0.400. The average Bonchev–Trinajstić information content (AvgIpc) is 2.75. The van der Waals surface area contributed by atoms with Gasteiger partial charge in [0.1, 0.15) is 0 Å². The number of ether oxygens (including phenoxy) is 1. The minimum Gasteiger partial charge on any atom is -0.469 e.